The second-order valence-electron chi connectivity index (χ2n) is 3.65. The van der Waals surface area contributed by atoms with Crippen LogP contribution in [0.3, 0.4) is 0 Å². The maximum atomic E-state index is 6.16. The van der Waals surface area contributed by atoms with E-state index >= 15 is 0 Å². The van der Waals surface area contributed by atoms with Gasteiger partial charge in [0.25, 0.3) is 0 Å². The molecule has 1 fully saturated rings. The molecule has 0 amide bonds. The van der Waals surface area contributed by atoms with Gasteiger partial charge in [-0.05, 0) is 18.0 Å². The van der Waals surface area contributed by atoms with Crippen LogP contribution in [0.4, 0.5) is 0 Å². The number of hydrogen-bond donors (Lipinski definition) is 1. The Balaban J connectivity index is 2.12. The maximum Gasteiger partial charge on any atom is 0.101 e. The summed E-state index contributed by atoms with van der Waals surface area (Å²) in [6, 6.07) is 2.06. The lowest BCUT2D eigenvalue weighted by molar-refractivity contribution is -0.102. The highest BCUT2D eigenvalue weighted by Crippen LogP contribution is 2.32. The first kappa shape index (κ1) is 12.3. The molecule has 0 bridgehead atoms. The summed E-state index contributed by atoms with van der Waals surface area (Å²) in [4.78, 5) is 1.14. The molecule has 1 saturated heterocycles. The molecule has 1 aliphatic rings. The highest BCUT2D eigenvalue weighted by Gasteiger charge is 2.28. The van der Waals surface area contributed by atoms with Crippen molar-refractivity contribution in [3.8, 4) is 0 Å². The van der Waals surface area contributed by atoms with Crippen molar-refractivity contribution in [1.29, 1.82) is 0 Å². The van der Waals surface area contributed by atoms with Crippen LogP contribution in [0.15, 0.2) is 11.4 Å². The van der Waals surface area contributed by atoms with E-state index in [1.165, 1.54) is 0 Å². The molecule has 2 unspecified atom stereocenters. The highest BCUT2D eigenvalue weighted by atomic mass is 35.5. The molecule has 1 aromatic rings. The third-order valence-corrected chi connectivity index (χ3v) is 4.01. The van der Waals surface area contributed by atoms with Gasteiger partial charge in [-0.3, -0.25) is 0 Å². The van der Waals surface area contributed by atoms with Crippen LogP contribution in [-0.4, -0.2) is 32.5 Å². The van der Waals surface area contributed by atoms with E-state index in [1.807, 2.05) is 11.4 Å². The Morgan fingerprint density at radius 1 is 1.62 bits per heavy atom. The van der Waals surface area contributed by atoms with Crippen LogP contribution in [0.2, 0.25) is 5.02 Å². The van der Waals surface area contributed by atoms with Crippen LogP contribution in [0.5, 0.6) is 0 Å². The number of thiophene rings is 1. The van der Waals surface area contributed by atoms with E-state index in [4.69, 9.17) is 21.1 Å². The molecule has 5 heteroatoms. The fourth-order valence-corrected chi connectivity index (χ4v) is 3.14. The Morgan fingerprint density at radius 2 is 2.50 bits per heavy atom. The molecule has 0 radical (unpaired) electrons. The molecule has 1 aromatic heterocycles. The van der Waals surface area contributed by atoms with Crippen molar-refractivity contribution >= 4 is 22.9 Å². The molecule has 1 N–H and O–H groups in total. The molecule has 2 atom stereocenters. The number of nitrogens with one attached hydrogen (secondary N) is 1. The Labute approximate surface area is 105 Å². The van der Waals surface area contributed by atoms with Gasteiger partial charge in [-0.15, -0.1) is 11.3 Å². The largest absolute Gasteiger partial charge is 0.376 e. The summed E-state index contributed by atoms with van der Waals surface area (Å²) < 4.78 is 11.2. The molecular weight excluding hydrogens is 246 g/mol. The van der Waals surface area contributed by atoms with E-state index < -0.39 is 0 Å². The van der Waals surface area contributed by atoms with E-state index in [2.05, 4.69) is 12.2 Å². The van der Waals surface area contributed by atoms with Crippen molar-refractivity contribution in [3.05, 3.63) is 21.3 Å². The van der Waals surface area contributed by atoms with Gasteiger partial charge in [0.2, 0.25) is 0 Å². The molecule has 0 spiro atoms. The average molecular weight is 262 g/mol. The molecule has 2 heterocycles. The van der Waals surface area contributed by atoms with Crippen LogP contribution in [0, 0.1) is 0 Å². The zero-order valence-corrected chi connectivity index (χ0v) is 10.8. The lowest BCUT2D eigenvalue weighted by Gasteiger charge is -2.30. The Hall–Kier alpha value is -0.130. The van der Waals surface area contributed by atoms with Crippen LogP contribution < -0.4 is 5.32 Å². The number of hydrogen-bond acceptors (Lipinski definition) is 4. The molecule has 0 aliphatic carbocycles. The van der Waals surface area contributed by atoms with E-state index in [9.17, 15) is 0 Å². The third kappa shape index (κ3) is 2.76. The zero-order valence-electron chi connectivity index (χ0n) is 9.24. The fraction of sp³-hybridized carbons (Fsp3) is 0.636. The second-order valence-corrected chi connectivity index (χ2v) is 5.01. The normalized spacial score (nSPS) is 23.2. The molecule has 2 rings (SSSR count). The zero-order chi connectivity index (χ0) is 11.4. The number of likely N-dealkylation sites (N-methyl/N-ethyl adjacent to an activating group) is 1. The number of halogens is 1. The van der Waals surface area contributed by atoms with Crippen LogP contribution in [-0.2, 0) is 9.47 Å². The maximum absolute atomic E-state index is 6.16. The topological polar surface area (TPSA) is 30.5 Å². The molecule has 16 heavy (non-hydrogen) atoms. The Morgan fingerprint density at radius 3 is 3.06 bits per heavy atom. The summed E-state index contributed by atoms with van der Waals surface area (Å²) in [7, 11) is 0. The van der Waals surface area contributed by atoms with Gasteiger partial charge in [0.15, 0.2) is 0 Å². The van der Waals surface area contributed by atoms with Gasteiger partial charge >= 0.3 is 0 Å². The van der Waals surface area contributed by atoms with Crippen molar-refractivity contribution in [2.24, 2.45) is 0 Å². The Kier molecular flexibility index (Phi) is 4.61. The average Bonchev–Trinajstić information content (AvgIpc) is 2.73. The quantitative estimate of drug-likeness (QED) is 0.903. The predicted octanol–water partition coefficient (Wildman–Crippen LogP) is 2.47. The minimum Gasteiger partial charge on any atom is -0.376 e. The standard InChI is InChI=1S/C11H16ClNO2S/c1-2-13-10(9-7-14-4-5-15-9)11-8(12)3-6-16-11/h3,6,9-10,13H,2,4-5,7H2,1H3. The SMILES string of the molecule is CCNC(c1sccc1Cl)C1COCCO1. The van der Waals surface area contributed by atoms with Gasteiger partial charge in [0, 0.05) is 4.88 Å². The van der Waals surface area contributed by atoms with Crippen molar-refractivity contribution in [2.75, 3.05) is 26.4 Å². The van der Waals surface area contributed by atoms with Crippen molar-refractivity contribution < 1.29 is 9.47 Å². The van der Waals surface area contributed by atoms with Crippen molar-refractivity contribution in [3.63, 3.8) is 0 Å². The first-order valence-electron chi connectivity index (χ1n) is 5.48. The molecule has 1 aliphatic heterocycles. The fourth-order valence-electron chi connectivity index (χ4n) is 1.84. The van der Waals surface area contributed by atoms with Crippen LogP contribution >= 0.6 is 22.9 Å². The minimum atomic E-state index is 0.0600. The van der Waals surface area contributed by atoms with Gasteiger partial charge in [-0.25, -0.2) is 0 Å². The van der Waals surface area contributed by atoms with E-state index in [0.717, 1.165) is 16.4 Å². The summed E-state index contributed by atoms with van der Waals surface area (Å²) in [5.41, 5.74) is 0. The highest BCUT2D eigenvalue weighted by molar-refractivity contribution is 7.10. The monoisotopic (exact) mass is 261 g/mol. The summed E-state index contributed by atoms with van der Waals surface area (Å²) in [6.07, 6.45) is 0.0600. The smallest absolute Gasteiger partial charge is 0.101 e. The lowest BCUT2D eigenvalue weighted by atomic mass is 10.1. The molecular formula is C11H16ClNO2S. The summed E-state index contributed by atoms with van der Waals surface area (Å²) in [5, 5.41) is 6.23. The number of ether oxygens (including phenoxy) is 2. The lowest BCUT2D eigenvalue weighted by Crippen LogP contribution is -2.40. The first-order chi connectivity index (χ1) is 7.83. The minimum absolute atomic E-state index is 0.0600. The molecule has 0 saturated carbocycles. The van der Waals surface area contributed by atoms with Gasteiger partial charge in [-0.1, -0.05) is 18.5 Å². The van der Waals surface area contributed by atoms with E-state index in [0.29, 0.717) is 19.8 Å². The van der Waals surface area contributed by atoms with Gasteiger partial charge in [-0.2, -0.15) is 0 Å². The summed E-state index contributed by atoms with van der Waals surface area (Å²) in [6.45, 7) is 4.95. The van der Waals surface area contributed by atoms with Crippen LogP contribution in [0.1, 0.15) is 17.8 Å². The molecule has 0 aromatic carbocycles. The molecule has 90 valence electrons. The predicted molar refractivity (Wildman–Crippen MR) is 66.3 cm³/mol. The summed E-state index contributed by atoms with van der Waals surface area (Å²) >= 11 is 7.82. The Bertz CT molecular complexity index is 326. The van der Waals surface area contributed by atoms with Gasteiger partial charge in [0.1, 0.15) is 6.10 Å². The van der Waals surface area contributed by atoms with E-state index in [1.54, 1.807) is 11.3 Å². The van der Waals surface area contributed by atoms with E-state index in [-0.39, 0.29) is 12.1 Å². The molecule has 3 nitrogen and oxygen atoms in total. The van der Waals surface area contributed by atoms with Crippen LogP contribution in [0.25, 0.3) is 0 Å². The van der Waals surface area contributed by atoms with Gasteiger partial charge < -0.3 is 14.8 Å². The van der Waals surface area contributed by atoms with Gasteiger partial charge in [0.05, 0.1) is 30.9 Å². The third-order valence-electron chi connectivity index (χ3n) is 2.56. The second kappa shape index (κ2) is 5.98. The first-order valence-corrected chi connectivity index (χ1v) is 6.74. The summed E-state index contributed by atoms with van der Waals surface area (Å²) in [5.74, 6) is 0. The van der Waals surface area contributed by atoms with Crippen molar-refractivity contribution in [2.45, 2.75) is 19.1 Å². The number of rotatable bonds is 4. The van der Waals surface area contributed by atoms with Crippen molar-refractivity contribution in [1.82, 2.24) is 5.32 Å².